The van der Waals surface area contributed by atoms with Gasteiger partial charge in [-0.1, -0.05) is 73.8 Å². The van der Waals surface area contributed by atoms with Crippen LogP contribution in [-0.2, 0) is 10.2 Å². The van der Waals surface area contributed by atoms with Crippen LogP contribution in [0, 0.1) is 22.6 Å². The number of carbonyl (C=O) groups is 1. The number of nitrogens with one attached hydrogen (secondary N) is 1. The average molecular weight is 589 g/mol. The molecule has 1 fully saturated rings. The predicted octanol–water partition coefficient (Wildman–Crippen LogP) is 4.88. The van der Waals surface area contributed by atoms with Gasteiger partial charge in [0.15, 0.2) is 0 Å². The highest BCUT2D eigenvalue weighted by atomic mass is 35.5. The fourth-order valence-corrected chi connectivity index (χ4v) is 5.57. The molecule has 5 atom stereocenters. The van der Waals surface area contributed by atoms with Crippen molar-refractivity contribution in [3.63, 3.8) is 0 Å². The van der Waals surface area contributed by atoms with Crippen LogP contribution in [0.4, 0.5) is 4.39 Å². The highest BCUT2D eigenvalue weighted by molar-refractivity contribution is 6.35. The monoisotopic (exact) mass is 587 g/mol. The van der Waals surface area contributed by atoms with E-state index < -0.39 is 41.3 Å². The summed E-state index contributed by atoms with van der Waals surface area (Å²) in [5.41, 5.74) is 3.74. The molecule has 2 aromatic carbocycles. The maximum atomic E-state index is 15.2. The third-order valence-corrected chi connectivity index (χ3v) is 7.27. The summed E-state index contributed by atoms with van der Waals surface area (Å²) >= 11 is 18.6. The third-order valence-electron chi connectivity index (χ3n) is 6.43. The van der Waals surface area contributed by atoms with Crippen LogP contribution >= 0.6 is 34.8 Å². The number of aliphatic carboxylic acids is 1. The Morgan fingerprint density at radius 3 is 2.37 bits per heavy atom. The van der Waals surface area contributed by atoms with E-state index in [1.165, 1.54) is 18.2 Å². The zero-order chi connectivity index (χ0) is 28.8. The lowest BCUT2D eigenvalue weighted by atomic mass is 9.63. The number of hydrogen-bond donors (Lipinski definition) is 5. The van der Waals surface area contributed by atoms with Gasteiger partial charge in [-0.25, -0.2) is 4.39 Å². The molecule has 6 N–H and O–H groups in total. The summed E-state index contributed by atoms with van der Waals surface area (Å²) < 4.78 is 15.2. The van der Waals surface area contributed by atoms with Gasteiger partial charge in [0.25, 0.3) is 0 Å². The van der Waals surface area contributed by atoms with E-state index in [4.69, 9.17) is 50.7 Å². The van der Waals surface area contributed by atoms with Gasteiger partial charge in [-0.05, 0) is 54.1 Å². The number of nitrogens with zero attached hydrogens (tertiary/aromatic N) is 1. The number of nitriles is 1. The third kappa shape index (κ3) is 7.16. The number of nitrogens with two attached hydrogens (primary N) is 1. The van der Waals surface area contributed by atoms with Crippen LogP contribution in [0.3, 0.4) is 0 Å². The molecule has 38 heavy (non-hydrogen) atoms. The molecule has 0 saturated carbocycles. The highest BCUT2D eigenvalue weighted by Gasteiger charge is 2.61. The summed E-state index contributed by atoms with van der Waals surface area (Å²) in [6.45, 7) is 6.22. The van der Waals surface area contributed by atoms with Crippen LogP contribution in [0.5, 0.6) is 0 Å². The number of carboxylic acid groups (broad SMARTS) is 1. The van der Waals surface area contributed by atoms with Crippen molar-refractivity contribution >= 4 is 40.8 Å². The number of hydrogen-bond acceptors (Lipinski definition) is 6. The summed E-state index contributed by atoms with van der Waals surface area (Å²) in [5, 5.41) is 40.9. The van der Waals surface area contributed by atoms with Gasteiger partial charge in [0.1, 0.15) is 17.3 Å². The predicted molar refractivity (Wildman–Crippen MR) is 147 cm³/mol. The van der Waals surface area contributed by atoms with Crippen LogP contribution in [0.15, 0.2) is 36.4 Å². The van der Waals surface area contributed by atoms with Gasteiger partial charge in [0.05, 0.1) is 23.8 Å². The van der Waals surface area contributed by atoms with Crippen LogP contribution < -0.4 is 11.1 Å². The summed E-state index contributed by atoms with van der Waals surface area (Å²) in [5.74, 6) is -3.02. The van der Waals surface area contributed by atoms with Crippen molar-refractivity contribution in [2.24, 2.45) is 11.1 Å². The Labute approximate surface area is 237 Å². The Morgan fingerprint density at radius 2 is 1.89 bits per heavy atom. The Bertz CT molecular complexity index is 1170. The van der Waals surface area contributed by atoms with E-state index >= 15 is 4.39 Å². The molecule has 11 heteroatoms. The normalized spacial score (nSPS) is 23.8. The highest BCUT2D eigenvalue weighted by Crippen LogP contribution is 2.53. The fraction of sp³-hybridized carbons (Fsp3) is 0.481. The van der Waals surface area contributed by atoms with Gasteiger partial charge in [-0.15, -0.1) is 0 Å². The number of halogens is 4. The van der Waals surface area contributed by atoms with Gasteiger partial charge in [0, 0.05) is 22.0 Å². The smallest absolute Gasteiger partial charge is 0.321 e. The van der Waals surface area contributed by atoms with Gasteiger partial charge < -0.3 is 21.1 Å². The largest absolute Gasteiger partial charge is 0.480 e. The molecule has 1 heterocycles. The minimum atomic E-state index is -1.48. The minimum Gasteiger partial charge on any atom is -0.480 e. The quantitative estimate of drug-likeness (QED) is 0.311. The van der Waals surface area contributed by atoms with E-state index in [-0.39, 0.29) is 27.6 Å². The zero-order valence-corrected chi connectivity index (χ0v) is 23.7. The first-order chi connectivity index (χ1) is 17.7. The van der Waals surface area contributed by atoms with Crippen LogP contribution in [-0.4, -0.2) is 52.6 Å². The van der Waals surface area contributed by atoms with E-state index in [2.05, 4.69) is 11.4 Å². The summed E-state index contributed by atoms with van der Waals surface area (Å²) in [4.78, 5) is 12.3. The van der Waals surface area contributed by atoms with Gasteiger partial charge in [0.2, 0.25) is 0 Å². The molecule has 0 aromatic heterocycles. The molecule has 0 aliphatic carbocycles. The Kier molecular flexibility index (Phi) is 11.4. The van der Waals surface area contributed by atoms with E-state index in [9.17, 15) is 15.2 Å². The molecule has 3 rings (SSSR count). The lowest BCUT2D eigenvalue weighted by Gasteiger charge is -2.37. The van der Waals surface area contributed by atoms with Gasteiger partial charge in [-0.2, -0.15) is 5.26 Å². The number of aliphatic hydroxyl groups is 2. The van der Waals surface area contributed by atoms with Crippen molar-refractivity contribution in [1.82, 2.24) is 5.32 Å². The lowest BCUT2D eigenvalue weighted by molar-refractivity contribution is -0.139. The number of carboxylic acids is 1. The second-order valence-electron chi connectivity index (χ2n) is 10.4. The van der Waals surface area contributed by atoms with Crippen molar-refractivity contribution in [2.75, 3.05) is 13.2 Å². The molecule has 0 bridgehead atoms. The first-order valence-corrected chi connectivity index (χ1v) is 13.1. The van der Waals surface area contributed by atoms with Crippen LogP contribution in [0.2, 0.25) is 15.1 Å². The van der Waals surface area contributed by atoms with Crippen LogP contribution in [0.25, 0.3) is 0 Å². The molecule has 208 valence electrons. The van der Waals surface area contributed by atoms with Crippen molar-refractivity contribution in [3.8, 4) is 6.07 Å². The maximum absolute atomic E-state index is 15.2. The van der Waals surface area contributed by atoms with E-state index in [0.717, 1.165) is 0 Å². The first kappa shape index (κ1) is 32.3. The molecule has 1 aliphatic rings. The molecule has 7 nitrogen and oxygen atoms in total. The molecule has 4 unspecified atom stereocenters. The molecule has 2 aromatic rings. The molecule has 0 spiro atoms. The van der Waals surface area contributed by atoms with Gasteiger partial charge in [-0.3, -0.25) is 10.1 Å². The second kappa shape index (κ2) is 13.4. The average Bonchev–Trinajstić information content (AvgIpc) is 3.14. The van der Waals surface area contributed by atoms with Gasteiger partial charge >= 0.3 is 5.97 Å². The second-order valence-corrected chi connectivity index (χ2v) is 11.7. The van der Waals surface area contributed by atoms with Crippen molar-refractivity contribution in [2.45, 2.75) is 63.1 Å². The summed E-state index contributed by atoms with van der Waals surface area (Å²) in [6.07, 6.45) is 0.309. The van der Waals surface area contributed by atoms with Crippen molar-refractivity contribution in [3.05, 3.63) is 68.4 Å². The number of benzene rings is 2. The first-order valence-electron chi connectivity index (χ1n) is 12.0. The number of aliphatic hydroxyl groups excluding tert-OH is 2. The van der Waals surface area contributed by atoms with Crippen molar-refractivity contribution in [1.29, 1.82) is 5.26 Å². The summed E-state index contributed by atoms with van der Waals surface area (Å²) in [6, 6.07) is 9.60. The molecule has 0 radical (unpaired) electrons. The zero-order valence-electron chi connectivity index (χ0n) is 21.4. The fourth-order valence-electron chi connectivity index (χ4n) is 4.83. The van der Waals surface area contributed by atoms with E-state index in [0.29, 0.717) is 30.0 Å². The molecular weight excluding hydrogens is 556 g/mol. The number of rotatable bonds is 7. The topological polar surface area (TPSA) is 140 Å². The molecule has 1 aliphatic heterocycles. The Hall–Kier alpha value is -1.96. The van der Waals surface area contributed by atoms with E-state index in [1.807, 2.05) is 20.8 Å². The minimum absolute atomic E-state index is 0.0522. The van der Waals surface area contributed by atoms with Crippen molar-refractivity contribution < 1.29 is 24.5 Å². The maximum Gasteiger partial charge on any atom is 0.321 e. The molecule has 0 amide bonds. The van der Waals surface area contributed by atoms with E-state index in [1.54, 1.807) is 18.2 Å². The SMILES string of the molecule is CC(C)(C)CC1NC(C(=O)O)C(c2cccc(Cl)c2F)C1(C#N)c1ccc(Cl)cc1Cl.NCC[C@H](O)CO. The lowest BCUT2D eigenvalue weighted by Crippen LogP contribution is -2.44. The summed E-state index contributed by atoms with van der Waals surface area (Å²) in [7, 11) is 0. The molecular formula is C27H33Cl3FN3O4. The standard InChI is InChI=1S/C23H22Cl3FN2O2.C4H11NO2/c1-22(2,3)10-17-23(11-28,14-8-7-12(24)9-16(14)26)18(20(29-17)21(30)31)13-5-4-6-15(25)19(13)27;5-2-1-4(7)3-6/h4-9,17-18,20,29H,10H2,1-3H3,(H,30,31);4,6-7H,1-3,5H2/t;4-/m.0/s1. The van der Waals surface area contributed by atoms with Crippen LogP contribution in [0.1, 0.15) is 50.7 Å². The Balaban J connectivity index is 0.000000638. The Morgan fingerprint density at radius 1 is 1.24 bits per heavy atom. The molecule has 1 saturated heterocycles.